The number of non-ortho nitro benzene ring substituents is 1. The minimum Gasteiger partial charge on any atom is -0.493 e. The summed E-state index contributed by atoms with van der Waals surface area (Å²) in [7, 11) is 3.04. The van der Waals surface area contributed by atoms with Gasteiger partial charge in [-0.1, -0.05) is 29.5 Å². The van der Waals surface area contributed by atoms with Crippen LogP contribution in [0.15, 0.2) is 68.6 Å². The molecule has 0 N–H and O–H groups in total. The van der Waals surface area contributed by atoms with Crippen LogP contribution >= 0.6 is 11.3 Å². The van der Waals surface area contributed by atoms with Crippen LogP contribution in [0.5, 0.6) is 11.5 Å². The van der Waals surface area contributed by atoms with Gasteiger partial charge in [-0.25, -0.2) is 0 Å². The van der Waals surface area contributed by atoms with Crippen molar-refractivity contribution in [3.8, 4) is 22.8 Å². The van der Waals surface area contributed by atoms with Gasteiger partial charge >= 0.3 is 0 Å². The largest absolute Gasteiger partial charge is 0.493 e. The molecule has 12 heteroatoms. The maximum Gasteiger partial charge on any atom is 0.296 e. The second-order valence-corrected chi connectivity index (χ2v) is 8.86. The Balaban J connectivity index is 1.49. The first-order valence-electron chi connectivity index (χ1n) is 10.9. The van der Waals surface area contributed by atoms with Crippen molar-refractivity contribution < 1.29 is 18.8 Å². The number of methoxy groups -OCH3 is 2. The zero-order valence-electron chi connectivity index (χ0n) is 19.5. The van der Waals surface area contributed by atoms with E-state index in [1.807, 2.05) is 0 Å². The van der Waals surface area contributed by atoms with E-state index in [0.29, 0.717) is 28.6 Å². The molecule has 186 valence electrons. The van der Waals surface area contributed by atoms with Crippen molar-refractivity contribution in [2.75, 3.05) is 14.2 Å². The molecule has 11 nitrogen and oxygen atoms in total. The van der Waals surface area contributed by atoms with Crippen molar-refractivity contribution >= 4 is 28.1 Å². The van der Waals surface area contributed by atoms with E-state index in [2.05, 4.69) is 10.1 Å². The normalized spacial score (nSPS) is 11.7. The molecule has 2 aromatic carbocycles. The lowest BCUT2D eigenvalue weighted by Gasteiger charge is -2.09. The highest BCUT2D eigenvalue weighted by atomic mass is 32.1. The molecule has 0 saturated carbocycles. The smallest absolute Gasteiger partial charge is 0.296 e. The summed E-state index contributed by atoms with van der Waals surface area (Å²) < 4.78 is 17.7. The third kappa shape index (κ3) is 4.69. The Hall–Kier alpha value is -4.84. The zero-order chi connectivity index (χ0) is 26.1. The van der Waals surface area contributed by atoms with Crippen LogP contribution in [-0.4, -0.2) is 33.7 Å². The Morgan fingerprint density at radius 3 is 2.65 bits per heavy atom. The molecule has 0 spiro atoms. The van der Waals surface area contributed by atoms with E-state index >= 15 is 0 Å². The molecular weight excluding hydrogens is 500 g/mol. The number of nitrogens with zero attached hydrogens (tertiary/aromatic N) is 4. The van der Waals surface area contributed by atoms with Gasteiger partial charge in [-0.05, 0) is 29.8 Å². The second kappa shape index (κ2) is 9.66. The van der Waals surface area contributed by atoms with Crippen molar-refractivity contribution in [1.29, 1.82) is 0 Å². The highest BCUT2D eigenvalue weighted by Gasteiger charge is 2.14. The molecule has 5 rings (SSSR count). The van der Waals surface area contributed by atoms with E-state index in [-0.39, 0.29) is 27.3 Å². The maximum atomic E-state index is 13.0. The number of rotatable bonds is 7. The quantitative estimate of drug-likeness (QED) is 0.235. The molecule has 0 amide bonds. The summed E-state index contributed by atoms with van der Waals surface area (Å²) in [5.74, 6) is 1.83. The van der Waals surface area contributed by atoms with Crippen molar-refractivity contribution in [1.82, 2.24) is 14.6 Å². The topological polar surface area (TPSA) is 139 Å². The highest BCUT2D eigenvalue weighted by Crippen LogP contribution is 2.28. The van der Waals surface area contributed by atoms with Gasteiger partial charge in [0, 0.05) is 30.2 Å². The van der Waals surface area contributed by atoms with Gasteiger partial charge in [-0.15, -0.1) is 0 Å². The SMILES string of the molecule is COc1ccc(Cc2nn3c(=O)/c(=C/c4ccc(-c5cccc([N+](=O)[O-])c5)o4)sc3nc2=O)cc1OC. The lowest BCUT2D eigenvalue weighted by Crippen LogP contribution is -2.28. The monoisotopic (exact) mass is 518 g/mol. The molecule has 0 aliphatic carbocycles. The number of fused-ring (bicyclic) bond motifs is 1. The van der Waals surface area contributed by atoms with Crippen LogP contribution in [0.1, 0.15) is 17.0 Å². The van der Waals surface area contributed by atoms with E-state index in [1.54, 1.807) is 42.5 Å². The Morgan fingerprint density at radius 2 is 1.89 bits per heavy atom. The molecule has 3 aromatic heterocycles. The number of hydrogen-bond donors (Lipinski definition) is 0. The van der Waals surface area contributed by atoms with Crippen LogP contribution in [0.4, 0.5) is 5.69 Å². The molecule has 3 heterocycles. The van der Waals surface area contributed by atoms with Crippen molar-refractivity contribution in [3.63, 3.8) is 0 Å². The lowest BCUT2D eigenvalue weighted by atomic mass is 10.1. The van der Waals surface area contributed by atoms with E-state index in [9.17, 15) is 19.7 Å². The standard InChI is InChI=1S/C25H18N4O7S/c1-34-20-8-6-14(11-21(20)35-2)10-18-23(30)26-25-28(27-18)24(31)22(37-25)13-17-7-9-19(36-17)15-4-3-5-16(12-15)29(32)33/h3-9,11-13H,10H2,1-2H3/b22-13-. The van der Waals surface area contributed by atoms with E-state index < -0.39 is 16.0 Å². The first-order valence-corrected chi connectivity index (χ1v) is 11.7. The molecular formula is C25H18N4O7S. The van der Waals surface area contributed by atoms with Gasteiger partial charge in [0.1, 0.15) is 21.7 Å². The van der Waals surface area contributed by atoms with Crippen LogP contribution in [0, 0.1) is 10.1 Å². The summed E-state index contributed by atoms with van der Waals surface area (Å²) in [6, 6.07) is 14.6. The van der Waals surface area contributed by atoms with Gasteiger partial charge < -0.3 is 13.9 Å². The van der Waals surface area contributed by atoms with Gasteiger partial charge in [0.25, 0.3) is 16.8 Å². The number of furan rings is 1. The molecule has 0 atom stereocenters. The minimum atomic E-state index is -0.534. The molecule has 0 aliphatic heterocycles. The van der Waals surface area contributed by atoms with Crippen LogP contribution in [-0.2, 0) is 6.42 Å². The summed E-state index contributed by atoms with van der Waals surface area (Å²) in [5.41, 5.74) is 0.334. The summed E-state index contributed by atoms with van der Waals surface area (Å²) in [5, 5.41) is 15.3. The fourth-order valence-electron chi connectivity index (χ4n) is 3.72. The predicted molar refractivity (Wildman–Crippen MR) is 135 cm³/mol. The molecule has 5 aromatic rings. The van der Waals surface area contributed by atoms with Gasteiger partial charge in [0.15, 0.2) is 11.5 Å². The molecule has 0 unspecified atom stereocenters. The number of benzene rings is 2. The Bertz CT molecular complexity index is 1820. The Labute approximate surface area is 212 Å². The summed E-state index contributed by atoms with van der Waals surface area (Å²) >= 11 is 1.01. The molecule has 37 heavy (non-hydrogen) atoms. The van der Waals surface area contributed by atoms with Crippen LogP contribution < -0.4 is 25.1 Å². The lowest BCUT2D eigenvalue weighted by molar-refractivity contribution is -0.384. The third-order valence-corrected chi connectivity index (χ3v) is 6.47. The van der Waals surface area contributed by atoms with E-state index in [0.717, 1.165) is 21.4 Å². The first kappa shape index (κ1) is 23.9. The number of thiazole rings is 1. The van der Waals surface area contributed by atoms with Gasteiger partial charge in [0.2, 0.25) is 4.96 Å². The molecule has 0 bridgehead atoms. The van der Waals surface area contributed by atoms with Crippen LogP contribution in [0.3, 0.4) is 0 Å². The third-order valence-electron chi connectivity index (χ3n) is 5.51. The number of hydrogen-bond acceptors (Lipinski definition) is 10. The average Bonchev–Trinajstić information content (AvgIpc) is 3.49. The van der Waals surface area contributed by atoms with Crippen molar-refractivity contribution in [2.24, 2.45) is 0 Å². The average molecular weight is 519 g/mol. The highest BCUT2D eigenvalue weighted by molar-refractivity contribution is 7.15. The number of ether oxygens (including phenoxy) is 2. The zero-order valence-corrected chi connectivity index (χ0v) is 20.4. The van der Waals surface area contributed by atoms with Gasteiger partial charge in [-0.3, -0.25) is 19.7 Å². The fourth-order valence-corrected chi connectivity index (χ4v) is 4.61. The number of nitro groups is 1. The molecule has 0 radical (unpaired) electrons. The Morgan fingerprint density at radius 1 is 1.08 bits per heavy atom. The van der Waals surface area contributed by atoms with Crippen LogP contribution in [0.2, 0.25) is 0 Å². The number of aromatic nitrogens is 3. The molecule has 0 saturated heterocycles. The van der Waals surface area contributed by atoms with Crippen molar-refractivity contribution in [2.45, 2.75) is 6.42 Å². The summed E-state index contributed by atoms with van der Waals surface area (Å²) in [6.07, 6.45) is 1.66. The number of nitro benzene ring substituents is 1. The summed E-state index contributed by atoms with van der Waals surface area (Å²) in [4.78, 5) is 40.4. The molecule has 0 aliphatic rings. The van der Waals surface area contributed by atoms with Gasteiger partial charge in [-0.2, -0.15) is 14.6 Å². The summed E-state index contributed by atoms with van der Waals surface area (Å²) in [6.45, 7) is 0. The molecule has 0 fully saturated rings. The second-order valence-electron chi connectivity index (χ2n) is 7.85. The van der Waals surface area contributed by atoms with Crippen LogP contribution in [0.25, 0.3) is 22.4 Å². The van der Waals surface area contributed by atoms with E-state index in [1.165, 1.54) is 32.4 Å². The Kier molecular flexibility index (Phi) is 6.24. The maximum absolute atomic E-state index is 13.0. The predicted octanol–water partition coefficient (Wildman–Crippen LogP) is 2.84. The van der Waals surface area contributed by atoms with Gasteiger partial charge in [0.05, 0.1) is 19.1 Å². The van der Waals surface area contributed by atoms with Crippen molar-refractivity contribution in [3.05, 3.63) is 107 Å². The first-order chi connectivity index (χ1) is 17.9. The van der Waals surface area contributed by atoms with E-state index in [4.69, 9.17) is 13.9 Å². The minimum absolute atomic E-state index is 0.0587. The fraction of sp³-hybridized carbons (Fsp3) is 0.120.